The predicted molar refractivity (Wildman–Crippen MR) is 390 cm³/mol. The van der Waals surface area contributed by atoms with E-state index in [1.165, 1.54) is 26.0 Å². The lowest BCUT2D eigenvalue weighted by Gasteiger charge is -2.59. The molecule has 8 fully saturated rings. The van der Waals surface area contributed by atoms with Gasteiger partial charge in [-0.1, -0.05) is 154 Å². The van der Waals surface area contributed by atoms with Crippen molar-refractivity contribution in [3.05, 3.63) is 160 Å². The van der Waals surface area contributed by atoms with E-state index in [9.17, 15) is 55.2 Å². The molecule has 0 amide bonds. The van der Waals surface area contributed by atoms with Crippen LogP contribution in [0.4, 0.5) is 43.9 Å². The van der Waals surface area contributed by atoms with Gasteiger partial charge in [0.25, 0.3) is 10.0 Å². The van der Waals surface area contributed by atoms with Crippen LogP contribution in [0.3, 0.4) is 0 Å². The van der Waals surface area contributed by atoms with Gasteiger partial charge in [0.15, 0.2) is 11.6 Å². The molecular weight excluding hydrogens is 1460 g/mol. The molecule has 13 atom stereocenters. The highest BCUT2D eigenvalue weighted by Gasteiger charge is 2.81. The summed E-state index contributed by atoms with van der Waals surface area (Å²) < 4.78 is 202. The Kier molecular flexibility index (Phi) is 19.7. The maximum absolute atomic E-state index is 15.6. The van der Waals surface area contributed by atoms with Crippen LogP contribution in [0.2, 0.25) is 0 Å². The summed E-state index contributed by atoms with van der Waals surface area (Å²) in [5, 5.41) is 48.2. The van der Waals surface area contributed by atoms with Crippen LogP contribution in [0.15, 0.2) is 162 Å². The molecule has 4 N–H and O–H groups in total. The Labute approximate surface area is 627 Å². The second-order valence-electron chi connectivity index (χ2n) is 34.7. The van der Waals surface area contributed by atoms with E-state index in [0.29, 0.717) is 76.9 Å². The van der Waals surface area contributed by atoms with Crippen molar-refractivity contribution in [3.63, 3.8) is 0 Å². The highest BCUT2D eigenvalue weighted by atomic mass is 32.3. The second-order valence-corrected chi connectivity index (χ2v) is 39.0. The van der Waals surface area contributed by atoms with Crippen molar-refractivity contribution >= 4 is 32.5 Å². The summed E-state index contributed by atoms with van der Waals surface area (Å²) in [6.07, 6.45) is -5.85. The van der Waals surface area contributed by atoms with E-state index in [2.05, 4.69) is 17.6 Å². The number of thioether (sulfide) groups is 1. The number of allylic oxidation sites excluding steroid dienone is 2. The van der Waals surface area contributed by atoms with Crippen molar-refractivity contribution in [3.8, 4) is 22.3 Å². The molecule has 2 spiro atoms. The first-order valence-corrected chi connectivity index (χ1v) is 41.5. The van der Waals surface area contributed by atoms with Gasteiger partial charge in [0, 0.05) is 69.0 Å². The number of hydrogen-bond donors (Lipinski definition) is 4. The van der Waals surface area contributed by atoms with Gasteiger partial charge >= 0.3 is 24.2 Å². The van der Waals surface area contributed by atoms with Crippen molar-refractivity contribution in [2.24, 2.45) is 49.1 Å². The number of aryl methyl sites for hydroxylation is 1. The minimum Gasteiger partial charge on any atom is -0.385 e. The Morgan fingerprint density at radius 2 is 0.841 bits per heavy atom. The summed E-state index contributed by atoms with van der Waals surface area (Å²) in [5.74, 6) is -15.7. The molecule has 2 aliphatic heterocycles. The summed E-state index contributed by atoms with van der Waals surface area (Å²) in [7, 11) is -4.85. The van der Waals surface area contributed by atoms with E-state index >= 15 is 17.6 Å². The van der Waals surface area contributed by atoms with Gasteiger partial charge in [0.05, 0.1) is 42.5 Å². The van der Waals surface area contributed by atoms with Gasteiger partial charge < -0.3 is 39.4 Å². The zero-order valence-electron chi connectivity index (χ0n) is 61.8. The smallest absolute Gasteiger partial charge is 0.385 e. The van der Waals surface area contributed by atoms with Crippen LogP contribution in [0, 0.1) is 52.3 Å². The monoisotopic (exact) mass is 1550 g/mol. The molecule has 5 aromatic rings. The van der Waals surface area contributed by atoms with E-state index in [-0.39, 0.29) is 66.6 Å². The average molecular weight is 1550 g/mol. The first kappa shape index (κ1) is 78.7. The van der Waals surface area contributed by atoms with E-state index in [0.717, 1.165) is 65.5 Å². The first-order valence-electron chi connectivity index (χ1n) is 37.3. The van der Waals surface area contributed by atoms with Crippen LogP contribution in [0.25, 0.3) is 22.3 Å². The van der Waals surface area contributed by atoms with Crippen molar-refractivity contribution in [1.29, 1.82) is 0 Å². The van der Waals surface area contributed by atoms with Crippen LogP contribution in [0.5, 0.6) is 0 Å². The van der Waals surface area contributed by atoms with Gasteiger partial charge in [-0.2, -0.15) is 52.3 Å². The van der Waals surface area contributed by atoms with Gasteiger partial charge in [0.2, 0.25) is 0 Å². The Morgan fingerprint density at radius 1 is 0.486 bits per heavy atom. The molecule has 4 unspecified atom stereocenters. The molecule has 5 aromatic carbocycles. The highest BCUT2D eigenvalue weighted by molar-refractivity contribution is 8.00. The summed E-state index contributed by atoms with van der Waals surface area (Å²) in [6.45, 7) is 14.9. The Morgan fingerprint density at radius 3 is 1.20 bits per heavy atom. The largest absolute Gasteiger partial charge is 0.456 e. The SMILES string of the molecule is CSc1ccc(-c2ccc([C@H]3C[C@@]4(C)C(CC[C@@]4(O)C(F)(F)C(F)(F)F)C4CC[C@@]5(O)CC6(CCC5=C43)OCC(C)(C)CO6)cc2)cc1.Cc1ccc(S(=O)(=O)N=[S@@](C)c2ccc(-c3ccc([C@H]4C[C@@]5(C)C(CC[C@@]5(O)C(F)(F)C(F)(F)F)C5CC[C@@]6(O)CC7(CCC6=C54)OCC(C)(C)CO7)cc3)cc2)cc1. The second kappa shape index (κ2) is 26.8. The molecule has 0 bridgehead atoms. The van der Waals surface area contributed by atoms with Gasteiger partial charge in [0.1, 0.15) is 11.2 Å². The molecule has 24 heteroatoms. The minimum atomic E-state index is -5.94. The van der Waals surface area contributed by atoms with E-state index < -0.39 is 132 Å². The zero-order valence-corrected chi connectivity index (χ0v) is 64.3. The Hall–Kier alpha value is -4.99. The maximum Gasteiger partial charge on any atom is 0.456 e. The van der Waals surface area contributed by atoms with Crippen LogP contribution in [-0.4, -0.2) is 126 Å². The summed E-state index contributed by atoms with van der Waals surface area (Å²) in [4.78, 5) is 1.97. The molecule has 107 heavy (non-hydrogen) atoms. The molecule has 2 heterocycles. The zero-order chi connectivity index (χ0) is 77.2. The highest BCUT2D eigenvalue weighted by Crippen LogP contribution is 2.74. The van der Waals surface area contributed by atoms with Crippen molar-refractivity contribution in [2.75, 3.05) is 38.9 Å². The van der Waals surface area contributed by atoms with Crippen LogP contribution in [-0.2, 0) is 39.7 Å². The number of nitrogens with zero attached hydrogens (tertiary/aromatic N) is 1. The van der Waals surface area contributed by atoms with E-state index in [1.807, 2.05) is 124 Å². The standard InChI is InChI=1S/C45H52F5NO6S2.C38H45F5O4S/c1-28-6-16-33(17-7-28)59(54,55)51-58(5)32-14-12-30(13-15-32)29-8-10-31(11-9-29)35-24-40(4)36(20-23-43(40,53)44(46,47)45(48,49)50)34-18-21-41(52)25-42(22-19-37(41)38(34)35)56-26-39(2,3)27-57-42;1-32(2)21-46-35(47-22-32)17-14-30-31-27(13-16-34(30,44)20-35)29-15-18-36(45,37(39,40)38(41,42)43)33(29,3)19-28(31)25-7-5-23(6-8-25)24-9-11-26(48-4)12-10-24/h6-17,34-36,52-53H,18-27H2,1-5H3;5-12,27-29,44-45H,13-22H2,1-4H3/t34?,35-,36?,40+,41-,43+,58+;27?,28-,29?,33+,34-,36+/m11/s1. The van der Waals surface area contributed by atoms with Crippen molar-refractivity contribution < 1.29 is 91.7 Å². The fourth-order valence-corrected chi connectivity index (χ4v) is 24.3. The Balaban J connectivity index is 0.000000183. The van der Waals surface area contributed by atoms with Gasteiger partial charge in [-0.3, -0.25) is 0 Å². The summed E-state index contributed by atoms with van der Waals surface area (Å²) in [5.41, 5.74) is -3.46. The molecule has 2 saturated heterocycles. The van der Waals surface area contributed by atoms with Crippen molar-refractivity contribution in [2.45, 2.75) is 236 Å². The lowest BCUT2D eigenvalue weighted by atomic mass is 9.49. The number of alkyl halides is 10. The molecule has 6 saturated carbocycles. The lowest BCUT2D eigenvalue weighted by molar-refractivity contribution is -0.362. The molecule has 582 valence electrons. The fourth-order valence-electron chi connectivity index (χ4n) is 21.0. The Bertz CT molecular complexity index is 4410. The quantitative estimate of drug-likeness (QED) is 0.0598. The van der Waals surface area contributed by atoms with Crippen molar-refractivity contribution in [1.82, 2.24) is 0 Å². The number of ether oxygens (including phenoxy) is 4. The molecule has 0 radical (unpaired) electrons. The van der Waals surface area contributed by atoms with Gasteiger partial charge in [-0.25, -0.2) is 0 Å². The first-order chi connectivity index (χ1) is 49.8. The summed E-state index contributed by atoms with van der Waals surface area (Å²) in [6, 6.07) is 37.3. The molecule has 10 aliphatic rings. The summed E-state index contributed by atoms with van der Waals surface area (Å²) >= 11 is 1.64. The number of rotatable bonds is 10. The number of hydrogen-bond acceptors (Lipinski definition) is 11. The molecule has 8 aliphatic carbocycles. The number of benzene rings is 5. The minimum absolute atomic E-state index is 0.00971. The molecule has 15 rings (SSSR count). The topological polar surface area (TPSA) is 164 Å². The third-order valence-corrected chi connectivity index (χ3v) is 31.1. The lowest BCUT2D eigenvalue weighted by Crippen LogP contribution is -2.65. The van der Waals surface area contributed by atoms with Crippen LogP contribution >= 0.6 is 11.8 Å². The maximum atomic E-state index is 15.6. The predicted octanol–water partition coefficient (Wildman–Crippen LogP) is 19.4. The normalized spacial score (nSPS) is 34.0. The third-order valence-electron chi connectivity index (χ3n) is 26.9. The van der Waals surface area contributed by atoms with Gasteiger partial charge in [-0.15, -0.1) is 15.5 Å². The molecule has 11 nitrogen and oxygen atoms in total. The molecular formula is C83H97F10NO10S3. The average Bonchev–Trinajstić information content (AvgIpc) is 1.62. The number of sulfonamides is 1. The fraction of sp³-hybridized carbons (Fsp3) is 0.590. The van der Waals surface area contributed by atoms with Crippen LogP contribution < -0.4 is 0 Å². The van der Waals surface area contributed by atoms with E-state index in [1.54, 1.807) is 30.2 Å². The van der Waals surface area contributed by atoms with Crippen LogP contribution in [0.1, 0.15) is 173 Å². The number of fused-ring (bicyclic) bond motifs is 8. The molecule has 0 aromatic heterocycles. The van der Waals surface area contributed by atoms with Gasteiger partial charge in [-0.05, 0) is 201 Å². The number of halogens is 10. The third kappa shape index (κ3) is 13.2. The number of aliphatic hydroxyl groups is 4. The van der Waals surface area contributed by atoms with E-state index in [4.69, 9.17) is 18.9 Å².